The van der Waals surface area contributed by atoms with E-state index in [9.17, 15) is 0 Å². The molecule has 1 unspecified atom stereocenters. The van der Waals surface area contributed by atoms with Gasteiger partial charge in [0.05, 0.1) is 0 Å². The van der Waals surface area contributed by atoms with E-state index in [0.717, 1.165) is 29.2 Å². The Hall–Kier alpha value is -0.640. The van der Waals surface area contributed by atoms with Crippen molar-refractivity contribution >= 4 is 21.7 Å². The number of halogens is 1. The maximum Gasteiger partial charge on any atom is 0.133 e. The van der Waals surface area contributed by atoms with Gasteiger partial charge in [0.2, 0.25) is 0 Å². The van der Waals surface area contributed by atoms with Crippen molar-refractivity contribution in [1.82, 2.24) is 9.97 Å². The van der Waals surface area contributed by atoms with Gasteiger partial charge in [-0.15, -0.1) is 0 Å². The number of rotatable bonds is 3. The summed E-state index contributed by atoms with van der Waals surface area (Å²) >= 11 is 3.66. The van der Waals surface area contributed by atoms with Gasteiger partial charge in [-0.3, -0.25) is 0 Å². The van der Waals surface area contributed by atoms with Crippen LogP contribution in [0.25, 0.3) is 0 Å². The van der Waals surface area contributed by atoms with Crippen molar-refractivity contribution in [3.8, 4) is 0 Å². The predicted octanol–water partition coefficient (Wildman–Crippen LogP) is 4.05. The Balaban J connectivity index is 2.32. The maximum absolute atomic E-state index is 4.79. The lowest BCUT2D eigenvalue weighted by Crippen LogP contribution is -2.37. The lowest BCUT2D eigenvalue weighted by Gasteiger charge is -2.30. The molecule has 2 rings (SSSR count). The van der Waals surface area contributed by atoms with Gasteiger partial charge in [-0.1, -0.05) is 42.6 Å². The monoisotopic (exact) mass is 325 g/mol. The van der Waals surface area contributed by atoms with Crippen molar-refractivity contribution in [2.24, 2.45) is 0 Å². The Morgan fingerprint density at radius 2 is 2.11 bits per heavy atom. The SMILES string of the molecule is Cc1cc(N2CCCCCC2CBr)nc(C(C)C)n1. The van der Waals surface area contributed by atoms with Crippen LogP contribution in [0.1, 0.15) is 57.0 Å². The van der Waals surface area contributed by atoms with Crippen molar-refractivity contribution in [2.75, 3.05) is 16.8 Å². The number of alkyl halides is 1. The second kappa shape index (κ2) is 6.69. The highest BCUT2D eigenvalue weighted by atomic mass is 79.9. The normalized spacial score (nSPS) is 20.7. The molecule has 1 aliphatic heterocycles. The van der Waals surface area contributed by atoms with E-state index in [2.05, 4.69) is 52.7 Å². The maximum atomic E-state index is 4.79. The first-order chi connectivity index (χ1) is 9.11. The zero-order chi connectivity index (χ0) is 13.8. The summed E-state index contributed by atoms with van der Waals surface area (Å²) in [4.78, 5) is 11.8. The van der Waals surface area contributed by atoms with E-state index in [1.165, 1.54) is 25.7 Å². The first kappa shape index (κ1) is 14.8. The zero-order valence-corrected chi connectivity index (χ0v) is 13.8. The predicted molar refractivity (Wildman–Crippen MR) is 84.3 cm³/mol. The molecule has 106 valence electrons. The summed E-state index contributed by atoms with van der Waals surface area (Å²) in [6.07, 6.45) is 5.18. The molecule has 0 amide bonds. The van der Waals surface area contributed by atoms with E-state index >= 15 is 0 Å². The molecule has 19 heavy (non-hydrogen) atoms. The Labute approximate surface area is 125 Å². The third-order valence-electron chi connectivity index (χ3n) is 3.72. The van der Waals surface area contributed by atoms with Crippen LogP contribution in [0, 0.1) is 6.92 Å². The number of aryl methyl sites for hydroxylation is 1. The lowest BCUT2D eigenvalue weighted by atomic mass is 10.1. The number of anilines is 1. The molecule has 2 heterocycles. The number of aromatic nitrogens is 2. The van der Waals surface area contributed by atoms with Gasteiger partial charge in [-0.25, -0.2) is 9.97 Å². The summed E-state index contributed by atoms with van der Waals surface area (Å²) in [5.74, 6) is 2.46. The molecule has 1 fully saturated rings. The fraction of sp³-hybridized carbons (Fsp3) is 0.733. The highest BCUT2D eigenvalue weighted by molar-refractivity contribution is 9.09. The average Bonchev–Trinajstić information content (AvgIpc) is 2.62. The molecule has 0 bridgehead atoms. The minimum atomic E-state index is 0.382. The number of nitrogens with zero attached hydrogens (tertiary/aromatic N) is 3. The van der Waals surface area contributed by atoms with E-state index in [4.69, 9.17) is 4.98 Å². The Kier molecular flexibility index (Phi) is 5.20. The second-order valence-corrected chi connectivity index (χ2v) is 6.38. The van der Waals surface area contributed by atoms with Gasteiger partial charge in [-0.05, 0) is 19.8 Å². The van der Waals surface area contributed by atoms with E-state index < -0.39 is 0 Å². The molecule has 0 N–H and O–H groups in total. The van der Waals surface area contributed by atoms with Gasteiger partial charge in [0.15, 0.2) is 0 Å². The van der Waals surface area contributed by atoms with Crippen LogP contribution in [0.2, 0.25) is 0 Å². The van der Waals surface area contributed by atoms with Crippen molar-refractivity contribution in [2.45, 2.75) is 58.4 Å². The fourth-order valence-electron chi connectivity index (χ4n) is 2.62. The minimum Gasteiger partial charge on any atom is -0.353 e. The summed E-state index contributed by atoms with van der Waals surface area (Å²) in [6.45, 7) is 7.49. The van der Waals surface area contributed by atoms with Gasteiger partial charge >= 0.3 is 0 Å². The summed E-state index contributed by atoms with van der Waals surface area (Å²) < 4.78 is 0. The topological polar surface area (TPSA) is 29.0 Å². The third-order valence-corrected chi connectivity index (χ3v) is 4.47. The van der Waals surface area contributed by atoms with Crippen LogP contribution in [0.15, 0.2) is 6.07 Å². The molecule has 0 saturated carbocycles. The van der Waals surface area contributed by atoms with Crippen molar-refractivity contribution in [3.63, 3.8) is 0 Å². The van der Waals surface area contributed by atoms with Crippen molar-refractivity contribution in [1.29, 1.82) is 0 Å². The van der Waals surface area contributed by atoms with Crippen LogP contribution in [0.3, 0.4) is 0 Å². The average molecular weight is 326 g/mol. The zero-order valence-electron chi connectivity index (χ0n) is 12.2. The molecule has 0 aromatic carbocycles. The van der Waals surface area contributed by atoms with Crippen molar-refractivity contribution < 1.29 is 0 Å². The smallest absolute Gasteiger partial charge is 0.133 e. The van der Waals surface area contributed by atoms with Crippen molar-refractivity contribution in [3.05, 3.63) is 17.6 Å². The Bertz CT molecular complexity index is 420. The largest absolute Gasteiger partial charge is 0.353 e. The molecule has 1 aromatic heterocycles. The van der Waals surface area contributed by atoms with Crippen LogP contribution >= 0.6 is 15.9 Å². The molecule has 3 nitrogen and oxygen atoms in total. The van der Waals surface area contributed by atoms with Crippen LogP contribution in [-0.4, -0.2) is 27.9 Å². The molecule has 1 saturated heterocycles. The van der Waals surface area contributed by atoms with E-state index in [1.807, 2.05) is 0 Å². The Morgan fingerprint density at radius 3 is 2.79 bits per heavy atom. The van der Waals surface area contributed by atoms with E-state index in [1.54, 1.807) is 0 Å². The van der Waals surface area contributed by atoms with Crippen LogP contribution in [-0.2, 0) is 0 Å². The van der Waals surface area contributed by atoms with Crippen LogP contribution < -0.4 is 4.90 Å². The number of hydrogen-bond acceptors (Lipinski definition) is 3. The first-order valence-corrected chi connectivity index (χ1v) is 8.42. The molecule has 0 aliphatic carbocycles. The summed E-state index contributed by atoms with van der Waals surface area (Å²) in [5.41, 5.74) is 1.08. The quantitative estimate of drug-likeness (QED) is 0.785. The molecule has 1 atom stereocenters. The van der Waals surface area contributed by atoms with Gasteiger partial charge in [-0.2, -0.15) is 0 Å². The molecule has 1 aromatic rings. The molecule has 0 spiro atoms. The van der Waals surface area contributed by atoms with Crippen LogP contribution in [0.4, 0.5) is 5.82 Å². The molecule has 0 radical (unpaired) electrons. The summed E-state index contributed by atoms with van der Waals surface area (Å²) in [6, 6.07) is 2.70. The highest BCUT2D eigenvalue weighted by Crippen LogP contribution is 2.25. The minimum absolute atomic E-state index is 0.382. The fourth-order valence-corrected chi connectivity index (χ4v) is 3.29. The molecular formula is C15H24BrN3. The number of hydrogen-bond donors (Lipinski definition) is 0. The van der Waals surface area contributed by atoms with Gasteiger partial charge in [0, 0.05) is 35.6 Å². The van der Waals surface area contributed by atoms with Gasteiger partial charge in [0.25, 0.3) is 0 Å². The van der Waals surface area contributed by atoms with Crippen LogP contribution in [0.5, 0.6) is 0 Å². The molecule has 4 heteroatoms. The Morgan fingerprint density at radius 1 is 1.32 bits per heavy atom. The highest BCUT2D eigenvalue weighted by Gasteiger charge is 2.22. The van der Waals surface area contributed by atoms with E-state index in [0.29, 0.717) is 12.0 Å². The molecule has 1 aliphatic rings. The third kappa shape index (κ3) is 3.68. The molecular weight excluding hydrogens is 302 g/mol. The van der Waals surface area contributed by atoms with Gasteiger partial charge in [0.1, 0.15) is 11.6 Å². The summed E-state index contributed by atoms with van der Waals surface area (Å²) in [5, 5.41) is 1.02. The summed E-state index contributed by atoms with van der Waals surface area (Å²) in [7, 11) is 0. The van der Waals surface area contributed by atoms with Gasteiger partial charge < -0.3 is 4.90 Å². The first-order valence-electron chi connectivity index (χ1n) is 7.30. The van der Waals surface area contributed by atoms with E-state index in [-0.39, 0.29) is 0 Å². The standard InChI is InChI=1S/C15H24BrN3/c1-11(2)15-17-12(3)9-14(18-15)19-8-6-4-5-7-13(19)10-16/h9,11,13H,4-8,10H2,1-3H3. The lowest BCUT2D eigenvalue weighted by molar-refractivity contribution is 0.617. The second-order valence-electron chi connectivity index (χ2n) is 5.73.